The highest BCUT2D eigenvalue weighted by molar-refractivity contribution is 6.67. The Balaban J connectivity index is 2.78. The number of alkyl carbamates (subject to hydrolysis) is 1. The van der Waals surface area contributed by atoms with Crippen molar-refractivity contribution in [3.05, 3.63) is 12.7 Å². The van der Waals surface area contributed by atoms with E-state index in [0.29, 0.717) is 6.54 Å². The van der Waals surface area contributed by atoms with Crippen LogP contribution in [0.2, 0.25) is 0 Å². The molecule has 1 heterocycles. The third-order valence-corrected chi connectivity index (χ3v) is 2.06. The van der Waals surface area contributed by atoms with Gasteiger partial charge in [-0.2, -0.15) is 5.10 Å². The fraction of sp³-hybridized carbons (Fsp3) is 0.571. The molecule has 0 aliphatic carbocycles. The number of hydrogen-bond donors (Lipinski definition) is 1. The number of ether oxygens (including phenoxy) is 1. The lowest BCUT2D eigenvalue weighted by atomic mass is 10.6. The standard InChI is InChI=1S/C7H9Cl3N4O2/c1-2-12-6(15)16-5(7(8,9)10)14-4-11-3-13-14/h3-5H,2H2,1H3,(H,12,15). The fourth-order valence-electron chi connectivity index (χ4n) is 0.897. The molecule has 0 saturated heterocycles. The van der Waals surface area contributed by atoms with E-state index in [-0.39, 0.29) is 0 Å². The summed E-state index contributed by atoms with van der Waals surface area (Å²) in [4.78, 5) is 14.9. The molecule has 1 unspecified atom stereocenters. The summed E-state index contributed by atoms with van der Waals surface area (Å²) in [5.74, 6) is 0. The number of alkyl halides is 3. The van der Waals surface area contributed by atoms with Gasteiger partial charge in [-0.25, -0.2) is 14.5 Å². The first kappa shape index (κ1) is 13.3. The van der Waals surface area contributed by atoms with E-state index in [4.69, 9.17) is 39.5 Å². The Kier molecular flexibility index (Phi) is 4.64. The second-order valence-corrected chi connectivity index (χ2v) is 5.07. The quantitative estimate of drug-likeness (QED) is 0.862. The van der Waals surface area contributed by atoms with Crippen molar-refractivity contribution in [1.82, 2.24) is 20.1 Å². The van der Waals surface area contributed by atoms with Crippen LogP contribution in [-0.4, -0.2) is 31.2 Å². The summed E-state index contributed by atoms with van der Waals surface area (Å²) < 4.78 is 4.22. The lowest BCUT2D eigenvalue weighted by Gasteiger charge is -2.23. The zero-order valence-corrected chi connectivity index (χ0v) is 10.5. The molecule has 1 N–H and O–H groups in total. The van der Waals surface area contributed by atoms with Gasteiger partial charge in [0.2, 0.25) is 10.0 Å². The average molecular weight is 288 g/mol. The van der Waals surface area contributed by atoms with E-state index in [1.54, 1.807) is 6.92 Å². The summed E-state index contributed by atoms with van der Waals surface area (Å²) in [7, 11) is 0. The molecule has 0 aromatic carbocycles. The second-order valence-electron chi connectivity index (χ2n) is 2.71. The Morgan fingerprint density at radius 3 is 2.75 bits per heavy atom. The van der Waals surface area contributed by atoms with E-state index >= 15 is 0 Å². The normalized spacial score (nSPS) is 13.2. The predicted molar refractivity (Wildman–Crippen MR) is 59.5 cm³/mol. The molecule has 9 heteroatoms. The van der Waals surface area contributed by atoms with Crippen molar-refractivity contribution in [2.24, 2.45) is 0 Å². The number of carbonyl (C=O) groups is 1. The molecule has 0 aliphatic heterocycles. The predicted octanol–water partition coefficient (Wildman–Crippen LogP) is 1.89. The van der Waals surface area contributed by atoms with Crippen molar-refractivity contribution >= 4 is 40.9 Å². The molecular formula is C7H9Cl3N4O2. The monoisotopic (exact) mass is 286 g/mol. The van der Waals surface area contributed by atoms with E-state index in [1.165, 1.54) is 12.7 Å². The first-order valence-corrected chi connectivity index (χ1v) is 5.44. The van der Waals surface area contributed by atoms with Crippen LogP contribution >= 0.6 is 34.8 Å². The van der Waals surface area contributed by atoms with Crippen LogP contribution in [0.1, 0.15) is 13.2 Å². The van der Waals surface area contributed by atoms with Crippen molar-refractivity contribution in [3.8, 4) is 0 Å². The number of amides is 1. The highest BCUT2D eigenvalue weighted by Gasteiger charge is 2.38. The number of nitrogens with zero attached hydrogens (tertiary/aromatic N) is 3. The van der Waals surface area contributed by atoms with Crippen LogP contribution in [0.25, 0.3) is 0 Å². The lowest BCUT2D eigenvalue weighted by molar-refractivity contribution is 0.0500. The molecule has 0 bridgehead atoms. The van der Waals surface area contributed by atoms with Crippen LogP contribution in [0.4, 0.5) is 4.79 Å². The Hall–Kier alpha value is -0.720. The Morgan fingerprint density at radius 2 is 2.31 bits per heavy atom. The number of nitrogens with one attached hydrogen (secondary N) is 1. The van der Waals surface area contributed by atoms with Gasteiger partial charge in [0.1, 0.15) is 12.7 Å². The third-order valence-electron chi connectivity index (χ3n) is 1.50. The molecule has 90 valence electrons. The minimum absolute atomic E-state index is 0.406. The number of carbonyl (C=O) groups excluding carboxylic acids is 1. The van der Waals surface area contributed by atoms with Crippen molar-refractivity contribution in [2.75, 3.05) is 6.54 Å². The highest BCUT2D eigenvalue weighted by atomic mass is 35.6. The molecular weight excluding hydrogens is 278 g/mol. The van der Waals surface area contributed by atoms with Gasteiger partial charge in [-0.3, -0.25) is 0 Å². The van der Waals surface area contributed by atoms with E-state index in [0.717, 1.165) is 4.68 Å². The van der Waals surface area contributed by atoms with Crippen LogP contribution in [0.3, 0.4) is 0 Å². The minimum Gasteiger partial charge on any atom is -0.419 e. The molecule has 0 radical (unpaired) electrons. The van der Waals surface area contributed by atoms with Crippen LogP contribution in [0, 0.1) is 0 Å². The Labute approximate surface area is 107 Å². The molecule has 1 atom stereocenters. The summed E-state index contributed by atoms with van der Waals surface area (Å²) in [6, 6.07) is 0. The number of rotatable bonds is 3. The van der Waals surface area contributed by atoms with Gasteiger partial charge in [0, 0.05) is 6.54 Å². The molecule has 0 spiro atoms. The summed E-state index contributed by atoms with van der Waals surface area (Å²) in [6.07, 6.45) is 0.650. The summed E-state index contributed by atoms with van der Waals surface area (Å²) >= 11 is 17.0. The van der Waals surface area contributed by atoms with Gasteiger partial charge in [-0.1, -0.05) is 34.8 Å². The van der Waals surface area contributed by atoms with E-state index < -0.39 is 16.1 Å². The number of halogens is 3. The van der Waals surface area contributed by atoms with E-state index in [9.17, 15) is 4.79 Å². The van der Waals surface area contributed by atoms with Crippen molar-refractivity contribution in [2.45, 2.75) is 16.9 Å². The minimum atomic E-state index is -1.83. The first-order valence-electron chi connectivity index (χ1n) is 4.30. The molecule has 0 aliphatic rings. The van der Waals surface area contributed by atoms with Crippen LogP contribution in [0.5, 0.6) is 0 Å². The molecule has 0 fully saturated rings. The lowest BCUT2D eigenvalue weighted by Crippen LogP contribution is -2.34. The SMILES string of the molecule is CCNC(=O)OC(n1cncn1)C(Cl)(Cl)Cl. The number of hydrogen-bond acceptors (Lipinski definition) is 4. The molecule has 1 amide bonds. The van der Waals surface area contributed by atoms with Gasteiger partial charge in [-0.15, -0.1) is 0 Å². The van der Waals surface area contributed by atoms with Gasteiger partial charge in [0.15, 0.2) is 0 Å². The average Bonchev–Trinajstić information content (AvgIpc) is 2.65. The van der Waals surface area contributed by atoms with Crippen molar-refractivity contribution < 1.29 is 9.53 Å². The van der Waals surface area contributed by atoms with E-state index in [2.05, 4.69) is 15.4 Å². The van der Waals surface area contributed by atoms with Crippen LogP contribution in [0.15, 0.2) is 12.7 Å². The molecule has 6 nitrogen and oxygen atoms in total. The van der Waals surface area contributed by atoms with Crippen LogP contribution < -0.4 is 5.32 Å². The molecule has 1 rings (SSSR count). The molecule has 0 saturated carbocycles. The van der Waals surface area contributed by atoms with Gasteiger partial charge in [0.25, 0.3) is 0 Å². The van der Waals surface area contributed by atoms with Crippen molar-refractivity contribution in [3.63, 3.8) is 0 Å². The molecule has 1 aromatic heterocycles. The number of aromatic nitrogens is 3. The highest BCUT2D eigenvalue weighted by Crippen LogP contribution is 2.38. The smallest absolute Gasteiger partial charge is 0.409 e. The third kappa shape index (κ3) is 3.70. The second kappa shape index (κ2) is 5.56. The zero-order valence-electron chi connectivity index (χ0n) is 8.23. The molecule has 16 heavy (non-hydrogen) atoms. The van der Waals surface area contributed by atoms with Crippen molar-refractivity contribution in [1.29, 1.82) is 0 Å². The molecule has 1 aromatic rings. The maximum absolute atomic E-state index is 11.2. The summed E-state index contributed by atoms with van der Waals surface area (Å²) in [5.41, 5.74) is 0. The largest absolute Gasteiger partial charge is 0.419 e. The Bertz CT molecular complexity index is 338. The summed E-state index contributed by atoms with van der Waals surface area (Å²) in [6.45, 7) is 2.14. The van der Waals surface area contributed by atoms with Crippen LogP contribution in [-0.2, 0) is 4.74 Å². The first-order chi connectivity index (χ1) is 7.45. The van der Waals surface area contributed by atoms with Gasteiger partial charge >= 0.3 is 6.09 Å². The maximum Gasteiger partial charge on any atom is 0.409 e. The fourth-order valence-corrected chi connectivity index (χ4v) is 1.33. The topological polar surface area (TPSA) is 69.0 Å². The van der Waals surface area contributed by atoms with E-state index in [1.807, 2.05) is 0 Å². The zero-order chi connectivity index (χ0) is 12.2. The van der Waals surface area contributed by atoms with Gasteiger partial charge < -0.3 is 10.1 Å². The van der Waals surface area contributed by atoms with Gasteiger partial charge in [-0.05, 0) is 6.92 Å². The van der Waals surface area contributed by atoms with Gasteiger partial charge in [0.05, 0.1) is 0 Å². The maximum atomic E-state index is 11.2. The Morgan fingerprint density at radius 1 is 1.62 bits per heavy atom. The summed E-state index contributed by atoms with van der Waals surface area (Å²) in [5, 5.41) is 6.15.